The van der Waals surface area contributed by atoms with Crippen molar-refractivity contribution in [3.05, 3.63) is 71.8 Å². The molecule has 2 nitrogen and oxygen atoms in total. The summed E-state index contributed by atoms with van der Waals surface area (Å²) < 4.78 is 0. The lowest BCUT2D eigenvalue weighted by molar-refractivity contribution is -0.135. The van der Waals surface area contributed by atoms with E-state index in [9.17, 15) is 4.79 Å². The summed E-state index contributed by atoms with van der Waals surface area (Å²) in [4.78, 5) is 14.0. The lowest BCUT2D eigenvalue weighted by Crippen LogP contribution is -2.48. The van der Waals surface area contributed by atoms with Crippen LogP contribution in [0.15, 0.2) is 60.7 Å². The first-order valence-corrected chi connectivity index (χ1v) is 8.61. The van der Waals surface area contributed by atoms with Crippen LogP contribution in [0.25, 0.3) is 0 Å². The first kappa shape index (κ1) is 14.6. The van der Waals surface area contributed by atoms with Gasteiger partial charge in [-0.25, -0.2) is 0 Å². The summed E-state index contributed by atoms with van der Waals surface area (Å²) in [6, 6.07) is 21.9. The predicted molar refractivity (Wildman–Crippen MR) is 92.2 cm³/mol. The number of benzene rings is 2. The highest BCUT2D eigenvalue weighted by Crippen LogP contribution is 2.48. The standard InChI is InChI=1S/C21H23NO/c23-19-15-21(16-19)11-13-22(14-12-21)20(17-7-3-1-4-8-17)18-9-5-2-6-10-18/h1-10,20H,11-16H2. The van der Waals surface area contributed by atoms with Crippen LogP contribution in [0.3, 0.4) is 0 Å². The van der Waals surface area contributed by atoms with E-state index in [4.69, 9.17) is 0 Å². The number of carbonyl (C=O) groups excluding carboxylic acids is 1. The van der Waals surface area contributed by atoms with Crippen LogP contribution in [0.5, 0.6) is 0 Å². The van der Waals surface area contributed by atoms with Crippen LogP contribution in [0.4, 0.5) is 0 Å². The van der Waals surface area contributed by atoms with E-state index in [-0.39, 0.29) is 0 Å². The summed E-state index contributed by atoms with van der Waals surface area (Å²) in [7, 11) is 0. The van der Waals surface area contributed by atoms with Gasteiger partial charge in [0.1, 0.15) is 5.78 Å². The van der Waals surface area contributed by atoms with Crippen molar-refractivity contribution in [3.8, 4) is 0 Å². The molecule has 1 aliphatic carbocycles. The molecule has 0 aromatic heterocycles. The monoisotopic (exact) mass is 305 g/mol. The highest BCUT2D eigenvalue weighted by atomic mass is 16.1. The number of likely N-dealkylation sites (tertiary alicyclic amines) is 1. The maximum absolute atomic E-state index is 11.4. The minimum Gasteiger partial charge on any atom is -0.300 e. The Morgan fingerprint density at radius 3 is 1.70 bits per heavy atom. The molecule has 1 saturated carbocycles. The van der Waals surface area contributed by atoms with Crippen molar-refractivity contribution in [2.24, 2.45) is 5.41 Å². The number of hydrogen-bond acceptors (Lipinski definition) is 2. The van der Waals surface area contributed by atoms with Crippen LogP contribution in [-0.2, 0) is 4.79 Å². The van der Waals surface area contributed by atoms with Crippen LogP contribution in [-0.4, -0.2) is 23.8 Å². The Hall–Kier alpha value is -1.93. The summed E-state index contributed by atoms with van der Waals surface area (Å²) >= 11 is 0. The predicted octanol–water partition coefficient (Wildman–Crippen LogP) is 4.22. The van der Waals surface area contributed by atoms with Gasteiger partial charge in [-0.2, -0.15) is 0 Å². The van der Waals surface area contributed by atoms with Gasteiger partial charge in [0.2, 0.25) is 0 Å². The van der Waals surface area contributed by atoms with Crippen molar-refractivity contribution in [2.75, 3.05) is 13.1 Å². The van der Waals surface area contributed by atoms with E-state index in [0.717, 1.165) is 38.8 Å². The summed E-state index contributed by atoms with van der Waals surface area (Å²) in [5, 5.41) is 0. The highest BCUT2D eigenvalue weighted by Gasteiger charge is 2.45. The van der Waals surface area contributed by atoms with Gasteiger partial charge < -0.3 is 0 Å². The van der Waals surface area contributed by atoms with Crippen LogP contribution in [0.2, 0.25) is 0 Å². The number of carbonyl (C=O) groups is 1. The maximum Gasteiger partial charge on any atom is 0.134 e. The second-order valence-corrected chi connectivity index (χ2v) is 7.15. The molecule has 0 bridgehead atoms. The minimum atomic E-state index is 0.325. The maximum atomic E-state index is 11.4. The highest BCUT2D eigenvalue weighted by molar-refractivity contribution is 5.86. The normalized spacial score (nSPS) is 20.7. The molecule has 0 unspecified atom stereocenters. The molecule has 4 rings (SSSR count). The number of ketones is 1. The largest absolute Gasteiger partial charge is 0.300 e. The molecule has 1 spiro atoms. The van der Waals surface area contributed by atoms with Gasteiger partial charge in [0.25, 0.3) is 0 Å². The molecule has 2 aromatic carbocycles. The van der Waals surface area contributed by atoms with Gasteiger partial charge >= 0.3 is 0 Å². The first-order valence-electron chi connectivity index (χ1n) is 8.61. The van der Waals surface area contributed by atoms with E-state index < -0.39 is 0 Å². The molecule has 23 heavy (non-hydrogen) atoms. The third-order valence-corrected chi connectivity index (χ3v) is 5.60. The third kappa shape index (κ3) is 2.84. The average molecular weight is 305 g/mol. The van der Waals surface area contributed by atoms with Crippen molar-refractivity contribution in [3.63, 3.8) is 0 Å². The van der Waals surface area contributed by atoms with E-state index in [1.807, 2.05) is 0 Å². The van der Waals surface area contributed by atoms with Crippen molar-refractivity contribution >= 4 is 5.78 Å². The molecule has 2 aromatic rings. The molecule has 0 radical (unpaired) electrons. The second kappa shape index (κ2) is 5.93. The van der Waals surface area contributed by atoms with Gasteiger partial charge in [-0.05, 0) is 42.5 Å². The number of hydrogen-bond donors (Lipinski definition) is 0. The number of rotatable bonds is 3. The Balaban J connectivity index is 1.58. The lowest BCUT2D eigenvalue weighted by Gasteiger charge is -2.48. The lowest BCUT2D eigenvalue weighted by atomic mass is 9.62. The summed E-state index contributed by atoms with van der Waals surface area (Å²) in [5.74, 6) is 0.459. The summed E-state index contributed by atoms with van der Waals surface area (Å²) in [6.45, 7) is 2.17. The van der Waals surface area contributed by atoms with Crippen molar-refractivity contribution < 1.29 is 4.79 Å². The SMILES string of the molecule is O=C1CC2(CCN(C(c3ccccc3)c3ccccc3)CC2)C1. The fourth-order valence-electron chi connectivity index (χ4n) is 4.28. The van der Waals surface area contributed by atoms with Crippen LogP contribution in [0.1, 0.15) is 42.9 Å². The van der Waals surface area contributed by atoms with Crippen molar-refractivity contribution in [1.82, 2.24) is 4.90 Å². The van der Waals surface area contributed by atoms with Gasteiger partial charge in [-0.15, -0.1) is 0 Å². The Bertz CT molecular complexity index is 622. The molecule has 1 heterocycles. The van der Waals surface area contributed by atoms with Gasteiger partial charge in [0.15, 0.2) is 0 Å². The molecular formula is C21H23NO. The van der Waals surface area contributed by atoms with E-state index >= 15 is 0 Å². The van der Waals surface area contributed by atoms with E-state index in [0.29, 0.717) is 17.2 Å². The Morgan fingerprint density at radius 2 is 1.26 bits per heavy atom. The quantitative estimate of drug-likeness (QED) is 0.846. The van der Waals surface area contributed by atoms with Gasteiger partial charge in [0.05, 0.1) is 6.04 Å². The van der Waals surface area contributed by atoms with E-state index in [1.54, 1.807) is 0 Å². The van der Waals surface area contributed by atoms with Gasteiger partial charge in [-0.3, -0.25) is 9.69 Å². The van der Waals surface area contributed by atoms with Crippen LogP contribution >= 0.6 is 0 Å². The van der Waals surface area contributed by atoms with E-state index in [2.05, 4.69) is 65.6 Å². The summed E-state index contributed by atoms with van der Waals surface area (Å²) in [6.07, 6.45) is 3.97. The zero-order valence-corrected chi connectivity index (χ0v) is 13.4. The fraction of sp³-hybridized carbons (Fsp3) is 0.381. The number of nitrogens with zero attached hydrogens (tertiary/aromatic N) is 1. The zero-order chi connectivity index (χ0) is 15.7. The summed E-state index contributed by atoms with van der Waals surface area (Å²) in [5.41, 5.74) is 3.06. The Kier molecular flexibility index (Phi) is 3.78. The van der Waals surface area contributed by atoms with E-state index in [1.165, 1.54) is 11.1 Å². The number of Topliss-reactive ketones (excluding diaryl/α,β-unsaturated/α-hetero) is 1. The van der Waals surface area contributed by atoms with Gasteiger partial charge in [0, 0.05) is 12.8 Å². The third-order valence-electron chi connectivity index (χ3n) is 5.60. The average Bonchev–Trinajstić information content (AvgIpc) is 2.58. The molecule has 2 heteroatoms. The van der Waals surface area contributed by atoms with Crippen molar-refractivity contribution in [1.29, 1.82) is 0 Å². The molecular weight excluding hydrogens is 282 g/mol. The molecule has 1 saturated heterocycles. The minimum absolute atomic E-state index is 0.325. The van der Waals surface area contributed by atoms with Crippen molar-refractivity contribution in [2.45, 2.75) is 31.7 Å². The Morgan fingerprint density at radius 1 is 0.783 bits per heavy atom. The topological polar surface area (TPSA) is 20.3 Å². The molecule has 1 aliphatic heterocycles. The molecule has 0 N–H and O–H groups in total. The second-order valence-electron chi connectivity index (χ2n) is 7.15. The molecule has 118 valence electrons. The Labute approximate surface area is 138 Å². The van der Waals surface area contributed by atoms with Crippen LogP contribution in [0, 0.1) is 5.41 Å². The first-order chi connectivity index (χ1) is 11.3. The zero-order valence-electron chi connectivity index (χ0n) is 13.4. The smallest absolute Gasteiger partial charge is 0.134 e. The molecule has 0 atom stereocenters. The fourth-order valence-corrected chi connectivity index (χ4v) is 4.28. The molecule has 0 amide bonds. The number of piperidine rings is 1. The van der Waals surface area contributed by atoms with Crippen LogP contribution < -0.4 is 0 Å². The van der Waals surface area contributed by atoms with Gasteiger partial charge in [-0.1, -0.05) is 60.7 Å². The molecule has 2 fully saturated rings. The molecule has 2 aliphatic rings.